The zero-order chi connectivity index (χ0) is 15.0. The maximum absolute atomic E-state index is 9.12. The van der Waals surface area contributed by atoms with Gasteiger partial charge in [-0.3, -0.25) is 0 Å². The molecule has 0 aliphatic rings. The second-order valence-corrected chi connectivity index (χ2v) is 5.72. The molecule has 1 aromatic carbocycles. The van der Waals surface area contributed by atoms with Crippen LogP contribution in [-0.4, -0.2) is 12.1 Å². The van der Waals surface area contributed by atoms with Gasteiger partial charge in [0.05, 0.1) is 18.4 Å². The Bertz CT molecular complexity index is 723. The van der Waals surface area contributed by atoms with Crippen LogP contribution in [-0.2, 0) is 0 Å². The first-order valence-electron chi connectivity index (χ1n) is 6.35. The maximum atomic E-state index is 9.12. The van der Waals surface area contributed by atoms with Gasteiger partial charge in [0, 0.05) is 15.7 Å². The van der Waals surface area contributed by atoms with Crippen LogP contribution in [0.5, 0.6) is 5.75 Å². The largest absolute Gasteiger partial charge is 0.496 e. The van der Waals surface area contributed by atoms with Gasteiger partial charge in [-0.2, -0.15) is 5.26 Å². The monoisotopic (exact) mass is 332 g/mol. The molecule has 0 saturated carbocycles. The molecule has 0 radical (unpaired) electrons. The van der Waals surface area contributed by atoms with Gasteiger partial charge in [0.1, 0.15) is 11.8 Å². The summed E-state index contributed by atoms with van der Waals surface area (Å²) in [4.78, 5) is 3.28. The second kappa shape index (κ2) is 5.34. The van der Waals surface area contributed by atoms with Gasteiger partial charge in [-0.15, -0.1) is 0 Å². The average molecular weight is 333 g/mol. The van der Waals surface area contributed by atoms with Crippen LogP contribution < -0.4 is 4.74 Å². The number of aryl methyl sites for hydroxylation is 1. The van der Waals surface area contributed by atoms with Crippen molar-refractivity contribution in [3.05, 3.63) is 38.5 Å². The van der Waals surface area contributed by atoms with Crippen LogP contribution in [0.1, 0.15) is 27.9 Å². The molecule has 0 aliphatic carbocycles. The molecule has 1 heterocycles. The van der Waals surface area contributed by atoms with Crippen LogP contribution in [0.3, 0.4) is 0 Å². The summed E-state index contributed by atoms with van der Waals surface area (Å²) in [5, 5.41) is 9.12. The zero-order valence-corrected chi connectivity index (χ0v) is 13.9. The summed E-state index contributed by atoms with van der Waals surface area (Å²) in [7, 11) is 1.68. The van der Waals surface area contributed by atoms with E-state index in [0.717, 1.165) is 38.3 Å². The van der Waals surface area contributed by atoms with E-state index in [-0.39, 0.29) is 0 Å². The lowest BCUT2D eigenvalue weighted by Gasteiger charge is -2.18. The minimum Gasteiger partial charge on any atom is -0.496 e. The number of hydrogen-bond acceptors (Lipinski definition) is 2. The molecule has 1 N–H and O–H groups in total. The van der Waals surface area contributed by atoms with E-state index in [4.69, 9.17) is 10.00 Å². The molecule has 3 nitrogen and oxygen atoms in total. The Morgan fingerprint density at radius 1 is 1.15 bits per heavy atom. The third-order valence-electron chi connectivity index (χ3n) is 3.77. The van der Waals surface area contributed by atoms with Crippen molar-refractivity contribution in [3.63, 3.8) is 0 Å². The first-order chi connectivity index (χ1) is 9.42. The standard InChI is InChI=1S/C16H17BrN2O/c1-8-9(2)16(20-5)14(10(3)15(8)17)13-6-12(7-18)11(4)19-13/h6,19H,1-5H3. The molecule has 0 unspecified atom stereocenters. The summed E-state index contributed by atoms with van der Waals surface area (Å²) in [5.74, 6) is 0.855. The van der Waals surface area contributed by atoms with Crippen molar-refractivity contribution in [3.8, 4) is 23.1 Å². The van der Waals surface area contributed by atoms with E-state index in [2.05, 4.69) is 40.8 Å². The van der Waals surface area contributed by atoms with Crippen molar-refractivity contribution in [2.45, 2.75) is 27.7 Å². The molecule has 104 valence electrons. The fourth-order valence-electron chi connectivity index (χ4n) is 2.47. The molecule has 0 bridgehead atoms. The summed E-state index contributed by atoms with van der Waals surface area (Å²) >= 11 is 3.65. The molecule has 0 fully saturated rings. The van der Waals surface area contributed by atoms with Gasteiger partial charge >= 0.3 is 0 Å². The molecule has 20 heavy (non-hydrogen) atoms. The van der Waals surface area contributed by atoms with Crippen LogP contribution in [0.2, 0.25) is 0 Å². The molecule has 0 spiro atoms. The maximum Gasteiger partial charge on any atom is 0.131 e. The molecule has 0 atom stereocenters. The Hall–Kier alpha value is -1.73. The van der Waals surface area contributed by atoms with Gasteiger partial charge in [-0.1, -0.05) is 15.9 Å². The van der Waals surface area contributed by atoms with Crippen LogP contribution in [0.25, 0.3) is 11.3 Å². The Morgan fingerprint density at radius 2 is 1.80 bits per heavy atom. The number of nitrogens with one attached hydrogen (secondary N) is 1. The summed E-state index contributed by atoms with van der Waals surface area (Å²) in [6.45, 7) is 8.07. The van der Waals surface area contributed by atoms with Gasteiger partial charge in [0.25, 0.3) is 0 Å². The molecule has 2 rings (SSSR count). The lowest BCUT2D eigenvalue weighted by molar-refractivity contribution is 0.412. The fourth-order valence-corrected chi connectivity index (χ4v) is 2.97. The van der Waals surface area contributed by atoms with Crippen LogP contribution in [0.4, 0.5) is 0 Å². The lowest BCUT2D eigenvalue weighted by atomic mass is 9.97. The van der Waals surface area contributed by atoms with E-state index in [0.29, 0.717) is 5.56 Å². The minimum absolute atomic E-state index is 0.663. The van der Waals surface area contributed by atoms with Gasteiger partial charge in [0.2, 0.25) is 0 Å². The first kappa shape index (κ1) is 14.7. The summed E-state index contributed by atoms with van der Waals surface area (Å²) in [6.07, 6.45) is 0. The Labute approximate surface area is 127 Å². The molecule has 0 saturated heterocycles. The highest BCUT2D eigenvalue weighted by atomic mass is 79.9. The second-order valence-electron chi connectivity index (χ2n) is 4.93. The molecule has 1 aromatic heterocycles. The number of nitrogens with zero attached hydrogens (tertiary/aromatic N) is 1. The molecule has 0 amide bonds. The number of benzene rings is 1. The van der Waals surface area contributed by atoms with Gasteiger partial charge < -0.3 is 9.72 Å². The van der Waals surface area contributed by atoms with Crippen molar-refractivity contribution in [1.29, 1.82) is 5.26 Å². The minimum atomic E-state index is 0.663. The topological polar surface area (TPSA) is 48.8 Å². The van der Waals surface area contributed by atoms with Gasteiger partial charge in [-0.05, 0) is 50.5 Å². The quantitative estimate of drug-likeness (QED) is 0.876. The first-order valence-corrected chi connectivity index (χ1v) is 7.15. The van der Waals surface area contributed by atoms with Gasteiger partial charge in [-0.25, -0.2) is 0 Å². The van der Waals surface area contributed by atoms with E-state index in [1.807, 2.05) is 19.9 Å². The number of hydrogen-bond donors (Lipinski definition) is 1. The highest BCUT2D eigenvalue weighted by molar-refractivity contribution is 9.10. The van der Waals surface area contributed by atoms with Crippen molar-refractivity contribution in [2.75, 3.05) is 7.11 Å². The number of rotatable bonds is 2. The van der Waals surface area contributed by atoms with Crippen LogP contribution in [0, 0.1) is 39.0 Å². The fraction of sp³-hybridized carbons (Fsp3) is 0.312. The summed E-state index contributed by atoms with van der Waals surface area (Å²) < 4.78 is 6.69. The number of aromatic amines is 1. The zero-order valence-electron chi connectivity index (χ0n) is 12.3. The smallest absolute Gasteiger partial charge is 0.131 e. The highest BCUT2D eigenvalue weighted by Gasteiger charge is 2.20. The number of nitriles is 1. The summed E-state index contributed by atoms with van der Waals surface area (Å²) in [6, 6.07) is 4.08. The molecule has 0 aliphatic heterocycles. The predicted molar refractivity (Wildman–Crippen MR) is 84.1 cm³/mol. The normalized spacial score (nSPS) is 10.4. The van der Waals surface area contributed by atoms with E-state index < -0.39 is 0 Å². The van der Waals surface area contributed by atoms with Crippen molar-refractivity contribution in [2.24, 2.45) is 0 Å². The molecular weight excluding hydrogens is 316 g/mol. The molecule has 2 aromatic rings. The van der Waals surface area contributed by atoms with E-state index in [9.17, 15) is 0 Å². The third-order valence-corrected chi connectivity index (χ3v) is 4.96. The SMILES string of the molecule is COc1c(C)c(C)c(Br)c(C)c1-c1cc(C#N)c(C)[nH]1. The van der Waals surface area contributed by atoms with E-state index in [1.54, 1.807) is 7.11 Å². The third kappa shape index (κ3) is 2.12. The van der Waals surface area contributed by atoms with E-state index in [1.165, 1.54) is 5.56 Å². The van der Waals surface area contributed by atoms with Crippen molar-refractivity contribution >= 4 is 15.9 Å². The highest BCUT2D eigenvalue weighted by Crippen LogP contribution is 2.42. The predicted octanol–water partition coefficient (Wildman–Crippen LogP) is 4.56. The lowest BCUT2D eigenvalue weighted by Crippen LogP contribution is -1.99. The molecule has 4 heteroatoms. The van der Waals surface area contributed by atoms with Crippen LogP contribution in [0.15, 0.2) is 10.5 Å². The number of ether oxygens (including phenoxy) is 1. The Morgan fingerprint density at radius 3 is 2.30 bits per heavy atom. The average Bonchev–Trinajstić information content (AvgIpc) is 2.80. The number of aromatic nitrogens is 1. The molecular formula is C16H17BrN2O. The van der Waals surface area contributed by atoms with Crippen molar-refractivity contribution < 1.29 is 4.74 Å². The Kier molecular flexibility index (Phi) is 3.92. The number of H-pyrrole nitrogens is 1. The number of halogens is 1. The Balaban J connectivity index is 2.82. The number of methoxy groups -OCH3 is 1. The van der Waals surface area contributed by atoms with Gasteiger partial charge in [0.15, 0.2) is 0 Å². The van der Waals surface area contributed by atoms with Crippen LogP contribution >= 0.6 is 15.9 Å². The van der Waals surface area contributed by atoms with E-state index >= 15 is 0 Å². The van der Waals surface area contributed by atoms with Crippen molar-refractivity contribution in [1.82, 2.24) is 4.98 Å². The summed E-state index contributed by atoms with van der Waals surface area (Å²) in [5.41, 5.74) is 6.84.